The SMILES string of the molecule is C[C@@H]1C[C@@H](C)CN(c2nc(N)c([N+](=O)[O-])c(Nc3cccc(Cl)c3)n2)C1. The van der Waals surface area contributed by atoms with Crippen LogP contribution in [0.5, 0.6) is 0 Å². The normalized spacial score (nSPS) is 20.0. The highest BCUT2D eigenvalue weighted by molar-refractivity contribution is 6.30. The second kappa shape index (κ2) is 7.33. The van der Waals surface area contributed by atoms with Crippen molar-refractivity contribution in [1.82, 2.24) is 9.97 Å². The number of nitrogens with zero attached hydrogens (tertiary/aromatic N) is 4. The van der Waals surface area contributed by atoms with Gasteiger partial charge in [-0.05, 0) is 36.5 Å². The maximum atomic E-state index is 11.5. The van der Waals surface area contributed by atoms with Crippen LogP contribution in [0.3, 0.4) is 0 Å². The smallest absolute Gasteiger partial charge is 0.353 e. The van der Waals surface area contributed by atoms with Crippen LogP contribution in [0, 0.1) is 22.0 Å². The number of benzene rings is 1. The number of hydrogen-bond donors (Lipinski definition) is 2. The molecule has 8 nitrogen and oxygen atoms in total. The zero-order chi connectivity index (χ0) is 18.8. The quantitative estimate of drug-likeness (QED) is 0.615. The Hall–Kier alpha value is -2.61. The fraction of sp³-hybridized carbons (Fsp3) is 0.412. The van der Waals surface area contributed by atoms with Crippen molar-refractivity contribution in [3.8, 4) is 0 Å². The summed E-state index contributed by atoms with van der Waals surface area (Å²) < 4.78 is 0. The van der Waals surface area contributed by atoms with Crippen LogP contribution in [0.15, 0.2) is 24.3 Å². The molecule has 9 heteroatoms. The summed E-state index contributed by atoms with van der Waals surface area (Å²) in [5.41, 5.74) is 6.14. The molecule has 0 radical (unpaired) electrons. The van der Waals surface area contributed by atoms with E-state index in [9.17, 15) is 10.1 Å². The molecular formula is C17H21ClN6O2. The molecule has 0 aliphatic carbocycles. The van der Waals surface area contributed by atoms with Crippen molar-refractivity contribution in [2.45, 2.75) is 20.3 Å². The maximum absolute atomic E-state index is 11.5. The van der Waals surface area contributed by atoms with Gasteiger partial charge < -0.3 is 16.0 Å². The minimum atomic E-state index is -0.576. The molecule has 1 aliphatic heterocycles. The van der Waals surface area contributed by atoms with Crippen LogP contribution in [0.25, 0.3) is 0 Å². The lowest BCUT2D eigenvalue weighted by atomic mass is 9.92. The van der Waals surface area contributed by atoms with Crippen LogP contribution in [0.2, 0.25) is 5.02 Å². The zero-order valence-electron chi connectivity index (χ0n) is 14.6. The van der Waals surface area contributed by atoms with Gasteiger partial charge in [-0.25, -0.2) is 0 Å². The van der Waals surface area contributed by atoms with Gasteiger partial charge >= 0.3 is 5.69 Å². The molecule has 1 aromatic carbocycles. The first-order chi connectivity index (χ1) is 12.3. The Kier molecular flexibility index (Phi) is 5.13. The molecule has 138 valence electrons. The van der Waals surface area contributed by atoms with Gasteiger partial charge in [0.25, 0.3) is 0 Å². The summed E-state index contributed by atoms with van der Waals surface area (Å²) in [5.74, 6) is 1.28. The average molecular weight is 377 g/mol. The molecule has 3 N–H and O–H groups in total. The van der Waals surface area contributed by atoms with Crippen molar-refractivity contribution in [2.75, 3.05) is 29.0 Å². The Morgan fingerprint density at radius 3 is 2.62 bits per heavy atom. The van der Waals surface area contributed by atoms with Crippen molar-refractivity contribution < 1.29 is 4.92 Å². The molecule has 1 aromatic heterocycles. The van der Waals surface area contributed by atoms with E-state index in [-0.39, 0.29) is 17.3 Å². The summed E-state index contributed by atoms with van der Waals surface area (Å²) in [6.07, 6.45) is 1.13. The number of piperidine rings is 1. The topological polar surface area (TPSA) is 110 Å². The van der Waals surface area contributed by atoms with Gasteiger partial charge in [-0.1, -0.05) is 31.5 Å². The molecule has 2 aromatic rings. The van der Waals surface area contributed by atoms with Gasteiger partial charge in [0.05, 0.1) is 4.92 Å². The van der Waals surface area contributed by atoms with Gasteiger partial charge in [0.2, 0.25) is 17.6 Å². The Morgan fingerprint density at radius 1 is 1.31 bits per heavy atom. The van der Waals surface area contributed by atoms with Crippen molar-refractivity contribution in [3.05, 3.63) is 39.4 Å². The van der Waals surface area contributed by atoms with Gasteiger partial charge in [-0.15, -0.1) is 0 Å². The fourth-order valence-electron chi connectivity index (χ4n) is 3.40. The third-order valence-corrected chi connectivity index (χ3v) is 4.56. The van der Waals surface area contributed by atoms with Gasteiger partial charge in [-0.3, -0.25) is 10.1 Å². The highest BCUT2D eigenvalue weighted by Crippen LogP contribution is 2.34. The van der Waals surface area contributed by atoms with E-state index in [1.54, 1.807) is 24.3 Å². The van der Waals surface area contributed by atoms with Crippen LogP contribution in [-0.2, 0) is 0 Å². The number of rotatable bonds is 4. The summed E-state index contributed by atoms with van der Waals surface area (Å²) in [6, 6.07) is 6.88. The molecule has 0 saturated carbocycles. The number of anilines is 4. The molecule has 1 aliphatic rings. The molecule has 0 unspecified atom stereocenters. The van der Waals surface area contributed by atoms with E-state index in [0.29, 0.717) is 28.5 Å². The highest BCUT2D eigenvalue weighted by atomic mass is 35.5. The Labute approximate surface area is 156 Å². The summed E-state index contributed by atoms with van der Waals surface area (Å²) in [4.78, 5) is 21.5. The number of halogens is 1. The number of aromatic nitrogens is 2. The van der Waals surface area contributed by atoms with E-state index in [1.165, 1.54) is 0 Å². The number of nitrogens with two attached hydrogens (primary N) is 1. The Bertz CT molecular complexity index is 821. The predicted octanol–water partition coefficient (Wildman–Crippen LogP) is 3.85. The molecular weight excluding hydrogens is 356 g/mol. The first kappa shape index (κ1) is 18.2. The van der Waals surface area contributed by atoms with Gasteiger partial charge in [-0.2, -0.15) is 9.97 Å². The maximum Gasteiger partial charge on any atom is 0.353 e. The van der Waals surface area contributed by atoms with E-state index in [4.69, 9.17) is 17.3 Å². The Morgan fingerprint density at radius 2 is 2.00 bits per heavy atom. The van der Waals surface area contributed by atoms with Gasteiger partial charge in [0, 0.05) is 23.8 Å². The molecule has 26 heavy (non-hydrogen) atoms. The third kappa shape index (κ3) is 3.96. The second-order valence-electron chi connectivity index (χ2n) is 6.85. The predicted molar refractivity (Wildman–Crippen MR) is 103 cm³/mol. The van der Waals surface area contributed by atoms with E-state index >= 15 is 0 Å². The largest absolute Gasteiger partial charge is 0.378 e. The average Bonchev–Trinajstić information content (AvgIpc) is 2.53. The lowest BCUT2D eigenvalue weighted by Crippen LogP contribution is -2.39. The number of hydrogen-bond acceptors (Lipinski definition) is 7. The van der Waals surface area contributed by atoms with Crippen LogP contribution >= 0.6 is 11.6 Å². The lowest BCUT2D eigenvalue weighted by molar-refractivity contribution is -0.383. The van der Waals surface area contributed by atoms with Crippen LogP contribution < -0.4 is 16.0 Å². The molecule has 0 amide bonds. The highest BCUT2D eigenvalue weighted by Gasteiger charge is 2.28. The molecule has 0 spiro atoms. The number of nitro groups is 1. The summed E-state index contributed by atoms with van der Waals surface area (Å²) >= 11 is 5.99. The third-order valence-electron chi connectivity index (χ3n) is 4.32. The second-order valence-corrected chi connectivity index (χ2v) is 7.29. The number of nitrogens with one attached hydrogen (secondary N) is 1. The van der Waals surface area contributed by atoms with Crippen LogP contribution in [-0.4, -0.2) is 28.0 Å². The first-order valence-electron chi connectivity index (χ1n) is 8.43. The first-order valence-corrected chi connectivity index (χ1v) is 8.80. The minimum Gasteiger partial charge on any atom is -0.378 e. The van der Waals surface area contributed by atoms with E-state index < -0.39 is 4.92 Å². The molecule has 1 saturated heterocycles. The van der Waals surface area contributed by atoms with E-state index in [2.05, 4.69) is 29.1 Å². The van der Waals surface area contributed by atoms with Crippen LogP contribution in [0.4, 0.5) is 29.0 Å². The standard InChI is InChI=1S/C17H21ClN6O2/c1-10-6-11(2)9-23(8-10)17-21-15(19)14(24(25)26)16(22-17)20-13-5-3-4-12(18)7-13/h3-5,7,10-11H,6,8-9H2,1-2H3,(H3,19,20,21,22)/t10-,11-/m1/s1. The molecule has 1 fully saturated rings. The van der Waals surface area contributed by atoms with Gasteiger partial charge in [0.1, 0.15) is 0 Å². The molecule has 2 heterocycles. The summed E-state index contributed by atoms with van der Waals surface area (Å²) in [7, 11) is 0. The molecule has 0 bridgehead atoms. The summed E-state index contributed by atoms with van der Waals surface area (Å²) in [6.45, 7) is 5.92. The van der Waals surface area contributed by atoms with Crippen LogP contribution in [0.1, 0.15) is 20.3 Å². The Balaban J connectivity index is 2.00. The van der Waals surface area contributed by atoms with Gasteiger partial charge in [0.15, 0.2) is 0 Å². The van der Waals surface area contributed by atoms with Crippen molar-refractivity contribution in [3.63, 3.8) is 0 Å². The minimum absolute atomic E-state index is 0.0608. The number of nitrogen functional groups attached to an aromatic ring is 1. The summed E-state index contributed by atoms with van der Waals surface area (Å²) in [5, 5.41) is 14.9. The monoisotopic (exact) mass is 376 g/mol. The lowest BCUT2D eigenvalue weighted by Gasteiger charge is -2.35. The zero-order valence-corrected chi connectivity index (χ0v) is 15.4. The molecule has 2 atom stereocenters. The van der Waals surface area contributed by atoms with Crippen molar-refractivity contribution in [1.29, 1.82) is 0 Å². The molecule has 3 rings (SSSR count). The van der Waals surface area contributed by atoms with E-state index in [1.807, 2.05) is 4.90 Å². The van der Waals surface area contributed by atoms with Crippen molar-refractivity contribution >= 4 is 40.6 Å². The van der Waals surface area contributed by atoms with E-state index in [0.717, 1.165) is 19.5 Å². The fourth-order valence-corrected chi connectivity index (χ4v) is 3.59. The van der Waals surface area contributed by atoms with Crippen molar-refractivity contribution in [2.24, 2.45) is 11.8 Å².